The van der Waals surface area contributed by atoms with E-state index in [4.69, 9.17) is 9.97 Å². The first-order chi connectivity index (χ1) is 20.4. The van der Waals surface area contributed by atoms with Crippen LogP contribution in [0.3, 0.4) is 0 Å². The molecule has 0 spiro atoms. The Balaban J connectivity index is 2.10. The molecule has 2 aliphatic rings. The lowest BCUT2D eigenvalue weighted by molar-refractivity contribution is 1.07. The highest BCUT2D eigenvalue weighted by atomic mass is 14.8. The summed E-state index contributed by atoms with van der Waals surface area (Å²) in [5, 5.41) is 10.7. The van der Waals surface area contributed by atoms with Gasteiger partial charge in [-0.05, 0) is 114 Å². The molecule has 5 heteroatoms. The highest BCUT2D eigenvalue weighted by Crippen LogP contribution is 2.40. The number of hydrogen-bond donors (Lipinski definition) is 2. The number of nitrogens with zero attached hydrogens (tertiary/aromatic N) is 3. The van der Waals surface area contributed by atoms with Crippen LogP contribution < -0.4 is 0 Å². The van der Waals surface area contributed by atoms with Gasteiger partial charge in [0.1, 0.15) is 11.6 Å². The monoisotopic (exact) mass is 559 g/mol. The zero-order chi connectivity index (χ0) is 30.1. The van der Waals surface area contributed by atoms with Gasteiger partial charge in [-0.2, -0.15) is 5.26 Å². The summed E-state index contributed by atoms with van der Waals surface area (Å²) in [6.07, 6.45) is 7.15. The average Bonchev–Trinajstić information content (AvgIpc) is 3.72. The van der Waals surface area contributed by atoms with Gasteiger partial charge in [-0.3, -0.25) is 0 Å². The third-order valence-electron chi connectivity index (χ3n) is 9.22. The van der Waals surface area contributed by atoms with Crippen molar-refractivity contribution >= 4 is 44.4 Å². The van der Waals surface area contributed by atoms with E-state index in [1.807, 2.05) is 0 Å². The summed E-state index contributed by atoms with van der Waals surface area (Å²) < 4.78 is 0. The molecule has 0 aromatic carbocycles. The molecule has 8 bridgehead atoms. The number of allylic oxidation sites excluding steroid dienone is 4. The SMILES string of the molecule is CCC1=C(CC)c2cc3[nH]c(cc4[nH]c(c(C#N)c5nc(cc1n2)C(CC)=C5CC)c(CC)c4CC)c(CC)c3CC. The van der Waals surface area contributed by atoms with Crippen LogP contribution in [0.1, 0.15) is 132 Å². The fourth-order valence-electron chi connectivity index (χ4n) is 7.30. The van der Waals surface area contributed by atoms with Crippen molar-refractivity contribution in [3.05, 3.63) is 68.8 Å². The predicted molar refractivity (Wildman–Crippen MR) is 178 cm³/mol. The fraction of sp³-hybridized carbons (Fsp3) is 0.432. The number of H-pyrrole nitrogens is 2. The first-order valence-electron chi connectivity index (χ1n) is 16.1. The number of aromatic amines is 2. The molecule has 0 amide bonds. The average molecular weight is 560 g/mol. The van der Waals surface area contributed by atoms with E-state index in [1.54, 1.807) is 0 Å². The third kappa shape index (κ3) is 4.62. The Labute approximate surface area is 250 Å². The standard InChI is InChI=1S/C37H45N5/c1-9-21-23(11-3)32-18-34-25(13-5)27(15-7)36(41-34)29(20-38)37-28(16-8)26(14-6)35(42-37)19-33-24(12-4)22(10-2)31(40-33)17-30(21)39-32/h17-19,39,41H,9-16H2,1-8H3. The van der Waals surface area contributed by atoms with E-state index in [1.165, 1.54) is 44.5 Å². The molecular weight excluding hydrogens is 514 g/mol. The fourth-order valence-corrected chi connectivity index (χ4v) is 7.30. The summed E-state index contributed by atoms with van der Waals surface area (Å²) in [5.74, 6) is 0. The Kier molecular flexibility index (Phi) is 8.55. The summed E-state index contributed by atoms with van der Waals surface area (Å²) in [6, 6.07) is 9.33. The lowest BCUT2D eigenvalue weighted by atomic mass is 9.96. The molecule has 0 unspecified atom stereocenters. The van der Waals surface area contributed by atoms with E-state index < -0.39 is 0 Å². The topological polar surface area (TPSA) is 81.1 Å². The van der Waals surface area contributed by atoms with Gasteiger partial charge in [0, 0.05) is 16.6 Å². The summed E-state index contributed by atoms with van der Waals surface area (Å²) in [5.41, 5.74) is 18.9. The lowest BCUT2D eigenvalue weighted by Crippen LogP contribution is -1.92. The highest BCUT2D eigenvalue weighted by molar-refractivity contribution is 5.97. The van der Waals surface area contributed by atoms with Gasteiger partial charge in [-0.15, -0.1) is 0 Å². The predicted octanol–water partition coefficient (Wildman–Crippen LogP) is 9.90. The van der Waals surface area contributed by atoms with Crippen molar-refractivity contribution in [1.29, 1.82) is 5.26 Å². The van der Waals surface area contributed by atoms with Gasteiger partial charge < -0.3 is 9.97 Å². The zero-order valence-corrected chi connectivity index (χ0v) is 26.7. The van der Waals surface area contributed by atoms with E-state index in [0.717, 1.165) is 96.2 Å². The van der Waals surface area contributed by atoms with Crippen LogP contribution in [0.4, 0.5) is 0 Å². The Morgan fingerprint density at radius 1 is 0.524 bits per heavy atom. The summed E-state index contributed by atoms with van der Waals surface area (Å²) in [7, 11) is 0. The molecule has 0 atom stereocenters. The van der Waals surface area contributed by atoms with E-state index in [2.05, 4.69) is 89.6 Å². The van der Waals surface area contributed by atoms with E-state index >= 15 is 0 Å². The van der Waals surface area contributed by atoms with Crippen LogP contribution in [-0.4, -0.2) is 19.9 Å². The number of aromatic nitrogens is 4. The van der Waals surface area contributed by atoms with Crippen LogP contribution >= 0.6 is 0 Å². The normalized spacial score (nSPS) is 13.3. The molecule has 0 saturated heterocycles. The van der Waals surface area contributed by atoms with Crippen LogP contribution in [0.15, 0.2) is 18.2 Å². The van der Waals surface area contributed by atoms with Gasteiger partial charge in [0.05, 0.1) is 28.3 Å². The summed E-state index contributed by atoms with van der Waals surface area (Å²) in [4.78, 5) is 18.0. The maximum atomic E-state index is 10.7. The van der Waals surface area contributed by atoms with Gasteiger partial charge >= 0.3 is 0 Å². The van der Waals surface area contributed by atoms with Gasteiger partial charge in [0.2, 0.25) is 0 Å². The van der Waals surface area contributed by atoms with Crippen molar-refractivity contribution in [2.45, 2.75) is 107 Å². The molecule has 5 rings (SSSR count). The Hall–Kier alpha value is -3.91. The molecule has 3 aromatic heterocycles. The van der Waals surface area contributed by atoms with Crippen LogP contribution in [0.5, 0.6) is 0 Å². The van der Waals surface area contributed by atoms with Crippen molar-refractivity contribution in [3.63, 3.8) is 0 Å². The third-order valence-corrected chi connectivity index (χ3v) is 9.22. The van der Waals surface area contributed by atoms with E-state index in [-0.39, 0.29) is 0 Å². The van der Waals surface area contributed by atoms with Crippen molar-refractivity contribution in [2.24, 2.45) is 0 Å². The molecule has 2 N–H and O–H groups in total. The second-order valence-electron chi connectivity index (χ2n) is 11.2. The van der Waals surface area contributed by atoms with Crippen molar-refractivity contribution < 1.29 is 0 Å². The largest absolute Gasteiger partial charge is 0.355 e. The van der Waals surface area contributed by atoms with Gasteiger partial charge in [-0.25, -0.2) is 9.97 Å². The first-order valence-corrected chi connectivity index (χ1v) is 16.1. The summed E-state index contributed by atoms with van der Waals surface area (Å²) in [6.45, 7) is 17.7. The number of aryl methyl sites for hydroxylation is 4. The Morgan fingerprint density at radius 2 is 0.976 bits per heavy atom. The second-order valence-corrected chi connectivity index (χ2v) is 11.2. The molecule has 0 radical (unpaired) electrons. The molecule has 0 aliphatic carbocycles. The smallest absolute Gasteiger partial charge is 0.104 e. The minimum absolute atomic E-state index is 0.645. The number of nitriles is 1. The number of fused-ring (bicyclic) bond motifs is 8. The van der Waals surface area contributed by atoms with Crippen LogP contribution in [0.2, 0.25) is 0 Å². The molecule has 3 aromatic rings. The highest BCUT2D eigenvalue weighted by Gasteiger charge is 2.25. The summed E-state index contributed by atoms with van der Waals surface area (Å²) >= 11 is 0. The van der Waals surface area contributed by atoms with E-state index in [9.17, 15) is 5.26 Å². The van der Waals surface area contributed by atoms with Gasteiger partial charge in [-0.1, -0.05) is 55.4 Å². The van der Waals surface area contributed by atoms with Crippen molar-refractivity contribution in [3.8, 4) is 6.07 Å². The van der Waals surface area contributed by atoms with Crippen LogP contribution in [-0.2, 0) is 25.7 Å². The number of rotatable bonds is 8. The quantitative estimate of drug-likeness (QED) is 0.288. The Morgan fingerprint density at radius 3 is 1.50 bits per heavy atom. The Bertz CT molecular complexity index is 1820. The molecule has 2 aliphatic heterocycles. The van der Waals surface area contributed by atoms with Gasteiger partial charge in [0.25, 0.3) is 0 Å². The second kappa shape index (κ2) is 12.1. The van der Waals surface area contributed by atoms with Crippen molar-refractivity contribution in [2.75, 3.05) is 0 Å². The minimum Gasteiger partial charge on any atom is -0.355 e. The van der Waals surface area contributed by atoms with E-state index in [0.29, 0.717) is 5.56 Å². The van der Waals surface area contributed by atoms with Crippen molar-refractivity contribution in [1.82, 2.24) is 19.9 Å². The molecule has 0 fully saturated rings. The first kappa shape index (κ1) is 29.6. The molecule has 42 heavy (non-hydrogen) atoms. The molecule has 5 heterocycles. The lowest BCUT2D eigenvalue weighted by Gasteiger charge is -2.05. The number of nitrogens with one attached hydrogen (secondary N) is 2. The maximum absolute atomic E-state index is 10.7. The van der Waals surface area contributed by atoms with Crippen LogP contribution in [0.25, 0.3) is 44.4 Å². The molecule has 218 valence electrons. The molecular formula is C37H45N5. The van der Waals surface area contributed by atoms with Crippen LogP contribution in [0, 0.1) is 11.3 Å². The maximum Gasteiger partial charge on any atom is 0.104 e. The van der Waals surface area contributed by atoms with Gasteiger partial charge in [0.15, 0.2) is 0 Å². The molecule has 0 saturated carbocycles. The zero-order valence-electron chi connectivity index (χ0n) is 26.7. The minimum atomic E-state index is 0.645. The number of hydrogen-bond acceptors (Lipinski definition) is 3. The molecule has 5 nitrogen and oxygen atoms in total.